The van der Waals surface area contributed by atoms with Gasteiger partial charge in [0.2, 0.25) is 0 Å². The van der Waals surface area contributed by atoms with Gasteiger partial charge in [0.25, 0.3) is 11.8 Å². The molecule has 4 rings (SSSR count). The lowest BCUT2D eigenvalue weighted by Crippen LogP contribution is -2.32. The number of amides is 2. The molecule has 2 amide bonds. The van der Waals surface area contributed by atoms with E-state index in [0.29, 0.717) is 28.6 Å². The first-order chi connectivity index (χ1) is 14.5. The van der Waals surface area contributed by atoms with Gasteiger partial charge in [0.15, 0.2) is 0 Å². The second-order valence-corrected chi connectivity index (χ2v) is 8.07. The predicted octanol–water partition coefficient (Wildman–Crippen LogP) is 5.51. The van der Waals surface area contributed by atoms with Crippen LogP contribution in [0, 0.1) is 6.92 Å². The molecule has 0 aliphatic carbocycles. The molecule has 30 heavy (non-hydrogen) atoms. The first-order valence-corrected chi connectivity index (χ1v) is 10.7. The summed E-state index contributed by atoms with van der Waals surface area (Å²) in [6.07, 6.45) is 0. The van der Waals surface area contributed by atoms with Gasteiger partial charge < -0.3 is 10.1 Å². The monoisotopic (exact) mass is 438 g/mol. The van der Waals surface area contributed by atoms with E-state index in [1.54, 1.807) is 42.5 Å². The van der Waals surface area contributed by atoms with E-state index in [9.17, 15) is 9.59 Å². The van der Waals surface area contributed by atoms with Crippen molar-refractivity contribution in [3.05, 3.63) is 81.1 Å². The van der Waals surface area contributed by atoms with Crippen molar-refractivity contribution in [2.75, 3.05) is 16.8 Å². The van der Waals surface area contributed by atoms with Crippen LogP contribution in [-0.2, 0) is 9.59 Å². The van der Waals surface area contributed by atoms with Gasteiger partial charge in [0, 0.05) is 21.7 Å². The number of aryl methyl sites for hydroxylation is 1. The summed E-state index contributed by atoms with van der Waals surface area (Å²) in [7, 11) is 0. The minimum atomic E-state index is -0.411. The molecule has 0 saturated carbocycles. The summed E-state index contributed by atoms with van der Waals surface area (Å²) >= 11 is 7.47. The standard InChI is InChI=1S/C23H19ClN2O3S/c1-3-29-17-7-4-6-16(13-17)26-22(27)20(19-8-5-11-30-19)21(23(26)28)25-18-10-9-15(24)12-14(18)2/h4-13,25H,3H2,1-2H3. The number of halogens is 1. The summed E-state index contributed by atoms with van der Waals surface area (Å²) < 4.78 is 5.54. The smallest absolute Gasteiger partial charge is 0.282 e. The lowest BCUT2D eigenvalue weighted by atomic mass is 10.1. The third kappa shape index (κ3) is 3.72. The zero-order chi connectivity index (χ0) is 21.3. The molecule has 1 aliphatic heterocycles. The van der Waals surface area contributed by atoms with Gasteiger partial charge in [-0.2, -0.15) is 0 Å². The average molecular weight is 439 g/mol. The molecule has 2 aromatic carbocycles. The number of benzene rings is 2. The van der Waals surface area contributed by atoms with Gasteiger partial charge in [-0.25, -0.2) is 4.90 Å². The fraction of sp³-hybridized carbons (Fsp3) is 0.130. The van der Waals surface area contributed by atoms with Crippen LogP contribution in [0.15, 0.2) is 65.7 Å². The Kier molecular flexibility index (Phi) is 5.61. The largest absolute Gasteiger partial charge is 0.494 e. The van der Waals surface area contributed by atoms with Crippen LogP contribution in [0.1, 0.15) is 17.4 Å². The number of hydrogen-bond donors (Lipinski definition) is 1. The van der Waals surface area contributed by atoms with E-state index in [4.69, 9.17) is 16.3 Å². The van der Waals surface area contributed by atoms with E-state index in [0.717, 1.165) is 16.1 Å². The van der Waals surface area contributed by atoms with E-state index >= 15 is 0 Å². The molecule has 0 fully saturated rings. The molecule has 0 atom stereocenters. The Labute approximate surface area is 183 Å². The fourth-order valence-electron chi connectivity index (χ4n) is 3.31. The number of nitrogens with zero attached hydrogens (tertiary/aromatic N) is 1. The highest BCUT2D eigenvalue weighted by molar-refractivity contribution is 7.11. The Hall–Kier alpha value is -3.09. The third-order valence-electron chi connectivity index (χ3n) is 4.69. The molecule has 0 spiro atoms. The number of hydrogen-bond acceptors (Lipinski definition) is 5. The van der Waals surface area contributed by atoms with Crippen molar-refractivity contribution in [3.63, 3.8) is 0 Å². The molecular weight excluding hydrogens is 420 g/mol. The zero-order valence-corrected chi connectivity index (χ0v) is 18.0. The fourth-order valence-corrected chi connectivity index (χ4v) is 4.31. The first kappa shape index (κ1) is 20.2. The Morgan fingerprint density at radius 1 is 1.07 bits per heavy atom. The molecule has 1 aromatic heterocycles. The molecule has 1 N–H and O–H groups in total. The highest BCUT2D eigenvalue weighted by Crippen LogP contribution is 2.37. The third-order valence-corrected chi connectivity index (χ3v) is 5.81. The molecular formula is C23H19ClN2O3S. The van der Waals surface area contributed by atoms with Gasteiger partial charge in [-0.1, -0.05) is 23.7 Å². The molecule has 1 aliphatic rings. The molecule has 7 heteroatoms. The van der Waals surface area contributed by atoms with Crippen LogP contribution in [0.5, 0.6) is 5.75 Å². The molecule has 152 valence electrons. The Balaban J connectivity index is 1.78. The van der Waals surface area contributed by atoms with Crippen LogP contribution in [-0.4, -0.2) is 18.4 Å². The van der Waals surface area contributed by atoms with Crippen LogP contribution in [0.4, 0.5) is 11.4 Å². The minimum absolute atomic E-state index is 0.245. The van der Waals surface area contributed by atoms with E-state index in [1.807, 2.05) is 31.4 Å². The van der Waals surface area contributed by atoms with Gasteiger partial charge in [0.05, 0.1) is 17.9 Å². The lowest BCUT2D eigenvalue weighted by molar-refractivity contribution is -0.120. The quantitative estimate of drug-likeness (QED) is 0.516. The van der Waals surface area contributed by atoms with Crippen molar-refractivity contribution in [2.24, 2.45) is 0 Å². The van der Waals surface area contributed by atoms with E-state index in [-0.39, 0.29) is 11.6 Å². The summed E-state index contributed by atoms with van der Waals surface area (Å²) in [5.41, 5.74) is 2.66. The molecule has 0 radical (unpaired) electrons. The van der Waals surface area contributed by atoms with Gasteiger partial charge in [-0.15, -0.1) is 11.3 Å². The van der Waals surface area contributed by atoms with Crippen molar-refractivity contribution < 1.29 is 14.3 Å². The summed E-state index contributed by atoms with van der Waals surface area (Å²) in [4.78, 5) is 28.7. The highest BCUT2D eigenvalue weighted by atomic mass is 35.5. The number of carbonyl (C=O) groups is 2. The molecule has 0 bridgehead atoms. The van der Waals surface area contributed by atoms with Gasteiger partial charge in [-0.05, 0) is 61.2 Å². The number of carbonyl (C=O) groups excluding carboxylic acids is 2. The lowest BCUT2D eigenvalue weighted by Gasteiger charge is -2.16. The van der Waals surface area contributed by atoms with Crippen molar-refractivity contribution in [3.8, 4) is 5.75 Å². The van der Waals surface area contributed by atoms with Crippen LogP contribution in [0.3, 0.4) is 0 Å². The average Bonchev–Trinajstić information content (AvgIpc) is 3.31. The molecule has 0 saturated heterocycles. The second kappa shape index (κ2) is 8.34. The van der Waals surface area contributed by atoms with Gasteiger partial charge >= 0.3 is 0 Å². The number of ether oxygens (including phenoxy) is 1. The van der Waals surface area contributed by atoms with Crippen LogP contribution in [0.25, 0.3) is 5.57 Å². The Morgan fingerprint density at radius 3 is 2.60 bits per heavy atom. The zero-order valence-electron chi connectivity index (χ0n) is 16.4. The summed E-state index contributed by atoms with van der Waals surface area (Å²) in [6.45, 7) is 4.27. The van der Waals surface area contributed by atoms with E-state index in [2.05, 4.69) is 5.32 Å². The number of thiophene rings is 1. The number of imide groups is 1. The Morgan fingerprint density at radius 2 is 1.90 bits per heavy atom. The maximum Gasteiger partial charge on any atom is 0.282 e. The number of rotatable bonds is 6. The molecule has 2 heterocycles. The van der Waals surface area contributed by atoms with E-state index < -0.39 is 5.91 Å². The SMILES string of the molecule is CCOc1cccc(N2C(=O)C(Nc3ccc(Cl)cc3C)=C(c3cccs3)C2=O)c1. The highest BCUT2D eigenvalue weighted by Gasteiger charge is 2.41. The minimum Gasteiger partial charge on any atom is -0.494 e. The van der Waals surface area contributed by atoms with E-state index in [1.165, 1.54) is 16.2 Å². The molecule has 3 aromatic rings. The predicted molar refractivity (Wildman–Crippen MR) is 121 cm³/mol. The maximum absolute atomic E-state index is 13.4. The van der Waals surface area contributed by atoms with Crippen LogP contribution >= 0.6 is 22.9 Å². The number of nitrogens with one attached hydrogen (secondary N) is 1. The van der Waals surface area contributed by atoms with Crippen LogP contribution < -0.4 is 15.0 Å². The molecule has 0 unspecified atom stereocenters. The van der Waals surface area contributed by atoms with Crippen molar-refractivity contribution in [1.29, 1.82) is 0 Å². The normalized spacial score (nSPS) is 13.9. The van der Waals surface area contributed by atoms with Gasteiger partial charge in [0.1, 0.15) is 11.4 Å². The second-order valence-electron chi connectivity index (χ2n) is 6.69. The number of anilines is 2. The van der Waals surface area contributed by atoms with Crippen molar-refractivity contribution >= 4 is 51.7 Å². The summed E-state index contributed by atoms with van der Waals surface area (Å²) in [5.74, 6) is -0.181. The first-order valence-electron chi connectivity index (χ1n) is 9.42. The van der Waals surface area contributed by atoms with Gasteiger partial charge in [-0.3, -0.25) is 9.59 Å². The molecule has 5 nitrogen and oxygen atoms in total. The summed E-state index contributed by atoms with van der Waals surface area (Å²) in [5, 5.41) is 5.66. The summed E-state index contributed by atoms with van der Waals surface area (Å²) in [6, 6.07) is 16.0. The maximum atomic E-state index is 13.4. The topological polar surface area (TPSA) is 58.6 Å². The van der Waals surface area contributed by atoms with Crippen molar-refractivity contribution in [2.45, 2.75) is 13.8 Å². The Bertz CT molecular complexity index is 1160. The van der Waals surface area contributed by atoms with Crippen LogP contribution in [0.2, 0.25) is 5.02 Å². The van der Waals surface area contributed by atoms with Crippen molar-refractivity contribution in [1.82, 2.24) is 0 Å².